The molecule has 0 radical (unpaired) electrons. The number of fused-ring (bicyclic) bond motifs is 2. The summed E-state index contributed by atoms with van der Waals surface area (Å²) in [6, 6.07) is 3.95. The average molecular weight is 334 g/mol. The number of halogens is 2. The van der Waals surface area contributed by atoms with Crippen molar-refractivity contribution in [1.82, 2.24) is 5.32 Å². The van der Waals surface area contributed by atoms with Gasteiger partial charge >= 0.3 is 0 Å². The molecule has 3 N–H and O–H groups in total. The lowest BCUT2D eigenvalue weighted by Gasteiger charge is -2.45. The fraction of sp³-hybridized carbons (Fsp3) is 0.632. The Labute approximate surface area is 141 Å². The quantitative estimate of drug-likeness (QED) is 0.892. The maximum absolute atomic E-state index is 13.9. The van der Waals surface area contributed by atoms with Gasteiger partial charge in [-0.2, -0.15) is 0 Å². The van der Waals surface area contributed by atoms with Gasteiger partial charge in [0.15, 0.2) is 0 Å². The lowest BCUT2D eigenvalue weighted by atomic mass is 9.67. The van der Waals surface area contributed by atoms with Gasteiger partial charge in [-0.05, 0) is 73.6 Å². The van der Waals surface area contributed by atoms with Crippen molar-refractivity contribution in [3.63, 3.8) is 0 Å². The molecule has 0 saturated heterocycles. The summed E-state index contributed by atoms with van der Waals surface area (Å²) in [5, 5.41) is 3.23. The molecule has 2 bridgehead atoms. The molecule has 0 spiro atoms. The Kier molecular flexibility index (Phi) is 4.07. The Balaban J connectivity index is 1.42. The number of nitrogens with one attached hydrogen (secondary N) is 1. The van der Waals surface area contributed by atoms with E-state index in [0.717, 1.165) is 37.8 Å². The Hall–Kier alpha value is -1.49. The minimum Gasteiger partial charge on any atom is -0.353 e. The van der Waals surface area contributed by atoms with Crippen LogP contribution in [0.4, 0.5) is 8.78 Å². The molecule has 3 aliphatic rings. The van der Waals surface area contributed by atoms with E-state index in [1.54, 1.807) is 0 Å². The first-order chi connectivity index (χ1) is 11.5. The van der Waals surface area contributed by atoms with Crippen molar-refractivity contribution in [2.45, 2.75) is 56.5 Å². The highest BCUT2D eigenvalue weighted by Crippen LogP contribution is 2.49. The fourth-order valence-electron chi connectivity index (χ4n) is 4.92. The van der Waals surface area contributed by atoms with Crippen LogP contribution < -0.4 is 11.1 Å². The van der Waals surface area contributed by atoms with Crippen LogP contribution in [0, 0.1) is 29.4 Å². The summed E-state index contributed by atoms with van der Waals surface area (Å²) in [4.78, 5) is 12.6. The molecule has 1 aromatic carbocycles. The maximum atomic E-state index is 13.9. The number of benzene rings is 1. The number of amides is 1. The van der Waals surface area contributed by atoms with Gasteiger partial charge in [0.05, 0.1) is 0 Å². The number of hydrogen-bond acceptors (Lipinski definition) is 2. The van der Waals surface area contributed by atoms with Crippen LogP contribution in [-0.2, 0) is 4.79 Å². The molecular weight excluding hydrogens is 310 g/mol. The fourth-order valence-corrected chi connectivity index (χ4v) is 4.92. The van der Waals surface area contributed by atoms with Crippen LogP contribution in [-0.4, -0.2) is 18.0 Å². The first kappa shape index (κ1) is 16.0. The lowest BCUT2D eigenvalue weighted by Crippen LogP contribution is -2.54. The van der Waals surface area contributed by atoms with Gasteiger partial charge in [0.1, 0.15) is 11.6 Å². The van der Waals surface area contributed by atoms with E-state index in [1.807, 2.05) is 0 Å². The van der Waals surface area contributed by atoms with Crippen LogP contribution in [0.15, 0.2) is 18.2 Å². The number of rotatable bonds is 3. The molecule has 4 rings (SSSR count). The molecule has 130 valence electrons. The Bertz CT molecular complexity index is 636. The third-order valence-corrected chi connectivity index (χ3v) is 6.17. The van der Waals surface area contributed by atoms with Crippen LogP contribution in [0.1, 0.15) is 50.0 Å². The first-order valence-corrected chi connectivity index (χ1v) is 9.04. The van der Waals surface area contributed by atoms with E-state index in [-0.39, 0.29) is 29.8 Å². The van der Waals surface area contributed by atoms with E-state index < -0.39 is 11.6 Å². The summed E-state index contributed by atoms with van der Waals surface area (Å²) in [6.45, 7) is 0. The number of hydrogen-bond donors (Lipinski definition) is 2. The van der Waals surface area contributed by atoms with Crippen LogP contribution in [0.3, 0.4) is 0 Å². The van der Waals surface area contributed by atoms with Gasteiger partial charge < -0.3 is 11.1 Å². The maximum Gasteiger partial charge on any atom is 0.223 e. The topological polar surface area (TPSA) is 55.1 Å². The number of carbonyl (C=O) groups is 1. The summed E-state index contributed by atoms with van der Waals surface area (Å²) in [7, 11) is 0. The Morgan fingerprint density at radius 3 is 2.54 bits per heavy atom. The highest BCUT2D eigenvalue weighted by molar-refractivity contribution is 5.83. The molecule has 3 saturated carbocycles. The molecule has 3 fully saturated rings. The minimum absolute atomic E-state index is 0.000956. The zero-order valence-electron chi connectivity index (χ0n) is 13.7. The molecule has 5 heteroatoms. The van der Waals surface area contributed by atoms with E-state index in [4.69, 9.17) is 5.73 Å². The van der Waals surface area contributed by atoms with Gasteiger partial charge in [0.25, 0.3) is 0 Å². The average Bonchev–Trinajstić information content (AvgIpc) is 3.31. The molecule has 3 aliphatic carbocycles. The second-order valence-corrected chi connectivity index (χ2v) is 7.83. The standard InChI is InChI=1S/C19H24F2N2O/c20-12-4-5-17(21)15(8-12)14-9-16(14)19(24)23-18-10-2-1-3-11(18)7-13(22)6-10/h4-5,8,10-11,13-14,16,18H,1-3,6-7,9,22H2,(H,23,24). The predicted octanol–water partition coefficient (Wildman–Crippen LogP) is 3.09. The van der Waals surface area contributed by atoms with E-state index in [0.29, 0.717) is 23.8 Å². The third-order valence-electron chi connectivity index (χ3n) is 6.17. The summed E-state index contributed by atoms with van der Waals surface area (Å²) in [5.74, 6) is -0.338. The van der Waals surface area contributed by atoms with E-state index >= 15 is 0 Å². The molecular formula is C19H24F2N2O. The van der Waals surface area contributed by atoms with E-state index in [1.165, 1.54) is 12.5 Å². The van der Waals surface area contributed by atoms with Gasteiger partial charge in [0, 0.05) is 18.0 Å². The van der Waals surface area contributed by atoms with Crippen LogP contribution >= 0.6 is 0 Å². The Morgan fingerprint density at radius 1 is 1.12 bits per heavy atom. The minimum atomic E-state index is -0.451. The molecule has 0 heterocycles. The van der Waals surface area contributed by atoms with E-state index in [9.17, 15) is 13.6 Å². The van der Waals surface area contributed by atoms with Crippen LogP contribution in [0.2, 0.25) is 0 Å². The molecule has 0 aliphatic heterocycles. The summed E-state index contributed by atoms with van der Waals surface area (Å²) in [5.41, 5.74) is 6.46. The molecule has 4 unspecified atom stereocenters. The molecule has 0 aromatic heterocycles. The van der Waals surface area contributed by atoms with Gasteiger partial charge in [-0.25, -0.2) is 8.78 Å². The summed E-state index contributed by atoms with van der Waals surface area (Å²) < 4.78 is 27.2. The van der Waals surface area contributed by atoms with Crippen LogP contribution in [0.25, 0.3) is 0 Å². The summed E-state index contributed by atoms with van der Waals surface area (Å²) >= 11 is 0. The third kappa shape index (κ3) is 2.94. The zero-order valence-corrected chi connectivity index (χ0v) is 13.7. The lowest BCUT2D eigenvalue weighted by molar-refractivity contribution is -0.124. The van der Waals surface area contributed by atoms with Gasteiger partial charge in [-0.15, -0.1) is 0 Å². The normalized spacial score (nSPS) is 37.8. The molecule has 1 amide bonds. The highest BCUT2D eigenvalue weighted by atomic mass is 19.1. The Morgan fingerprint density at radius 2 is 1.83 bits per heavy atom. The smallest absolute Gasteiger partial charge is 0.223 e. The molecule has 4 atom stereocenters. The molecule has 24 heavy (non-hydrogen) atoms. The summed E-state index contributed by atoms with van der Waals surface area (Å²) in [6.07, 6.45) is 6.04. The largest absolute Gasteiger partial charge is 0.353 e. The van der Waals surface area contributed by atoms with Crippen molar-refractivity contribution < 1.29 is 13.6 Å². The zero-order chi connectivity index (χ0) is 16.8. The number of carbonyl (C=O) groups excluding carboxylic acids is 1. The van der Waals surface area contributed by atoms with Crippen molar-refractivity contribution in [3.8, 4) is 0 Å². The SMILES string of the molecule is NC1CC2CCCC(C1)C2NC(=O)C1CC1c1cc(F)ccc1F. The second-order valence-electron chi connectivity index (χ2n) is 7.83. The first-order valence-electron chi connectivity index (χ1n) is 9.04. The van der Waals surface area contributed by atoms with Crippen molar-refractivity contribution in [3.05, 3.63) is 35.4 Å². The number of nitrogens with two attached hydrogens (primary N) is 1. The van der Waals surface area contributed by atoms with Crippen molar-refractivity contribution in [1.29, 1.82) is 0 Å². The van der Waals surface area contributed by atoms with E-state index in [2.05, 4.69) is 5.32 Å². The van der Waals surface area contributed by atoms with Crippen LogP contribution in [0.5, 0.6) is 0 Å². The second kappa shape index (κ2) is 6.10. The molecule has 1 aromatic rings. The highest BCUT2D eigenvalue weighted by Gasteiger charge is 2.48. The van der Waals surface area contributed by atoms with Crippen molar-refractivity contribution in [2.75, 3.05) is 0 Å². The monoisotopic (exact) mass is 334 g/mol. The van der Waals surface area contributed by atoms with Crippen molar-refractivity contribution >= 4 is 5.91 Å². The van der Waals surface area contributed by atoms with Crippen molar-refractivity contribution in [2.24, 2.45) is 23.5 Å². The molecule has 3 nitrogen and oxygen atoms in total. The van der Waals surface area contributed by atoms with Gasteiger partial charge in [-0.1, -0.05) is 6.42 Å². The van der Waals surface area contributed by atoms with Gasteiger partial charge in [0.2, 0.25) is 5.91 Å². The predicted molar refractivity (Wildman–Crippen MR) is 87.2 cm³/mol. The van der Waals surface area contributed by atoms with Gasteiger partial charge in [-0.3, -0.25) is 4.79 Å².